The zero-order valence-corrected chi connectivity index (χ0v) is 11.9. The van der Waals surface area contributed by atoms with Gasteiger partial charge < -0.3 is 10.6 Å². The van der Waals surface area contributed by atoms with Crippen molar-refractivity contribution in [3.05, 3.63) is 0 Å². The lowest BCUT2D eigenvalue weighted by Gasteiger charge is -2.39. The van der Waals surface area contributed by atoms with E-state index in [0.29, 0.717) is 5.41 Å². The molecule has 2 aliphatic rings. The van der Waals surface area contributed by atoms with Crippen LogP contribution < -0.4 is 10.6 Å². The van der Waals surface area contributed by atoms with Crippen LogP contribution in [-0.4, -0.2) is 25.2 Å². The molecule has 0 aromatic carbocycles. The molecule has 0 spiro atoms. The Morgan fingerprint density at radius 1 is 1.06 bits per heavy atom. The van der Waals surface area contributed by atoms with Crippen LogP contribution in [0.25, 0.3) is 0 Å². The molecule has 0 bridgehead atoms. The van der Waals surface area contributed by atoms with E-state index in [0.717, 1.165) is 18.0 Å². The van der Waals surface area contributed by atoms with E-state index in [1.54, 1.807) is 0 Å². The van der Waals surface area contributed by atoms with E-state index in [1.165, 1.54) is 51.6 Å². The number of rotatable bonds is 4. The average molecular weight is 238 g/mol. The van der Waals surface area contributed by atoms with Gasteiger partial charge >= 0.3 is 0 Å². The van der Waals surface area contributed by atoms with E-state index in [1.807, 2.05) is 0 Å². The van der Waals surface area contributed by atoms with Crippen molar-refractivity contribution >= 4 is 0 Å². The quantitative estimate of drug-likeness (QED) is 0.787. The summed E-state index contributed by atoms with van der Waals surface area (Å²) in [6.45, 7) is 9.63. The summed E-state index contributed by atoms with van der Waals surface area (Å²) in [7, 11) is 0. The van der Waals surface area contributed by atoms with Crippen molar-refractivity contribution in [2.75, 3.05) is 13.1 Å². The van der Waals surface area contributed by atoms with Gasteiger partial charge in [0.1, 0.15) is 0 Å². The molecule has 2 nitrogen and oxygen atoms in total. The lowest BCUT2D eigenvalue weighted by atomic mass is 9.69. The topological polar surface area (TPSA) is 24.1 Å². The Balaban J connectivity index is 1.74. The molecule has 1 aliphatic heterocycles. The smallest absolute Gasteiger partial charge is 0.0207 e. The van der Waals surface area contributed by atoms with Gasteiger partial charge in [-0.3, -0.25) is 0 Å². The molecule has 17 heavy (non-hydrogen) atoms. The van der Waals surface area contributed by atoms with Gasteiger partial charge in [0.05, 0.1) is 0 Å². The van der Waals surface area contributed by atoms with E-state index >= 15 is 0 Å². The monoisotopic (exact) mass is 238 g/mol. The van der Waals surface area contributed by atoms with Crippen LogP contribution in [0.15, 0.2) is 0 Å². The Morgan fingerprint density at radius 3 is 2.29 bits per heavy atom. The minimum absolute atomic E-state index is 0.555. The highest BCUT2D eigenvalue weighted by Crippen LogP contribution is 2.40. The molecule has 2 rings (SSSR count). The summed E-state index contributed by atoms with van der Waals surface area (Å²) in [6, 6.07) is 1.54. The molecule has 1 saturated heterocycles. The highest BCUT2D eigenvalue weighted by Gasteiger charge is 2.32. The fourth-order valence-electron chi connectivity index (χ4n) is 3.46. The van der Waals surface area contributed by atoms with Crippen LogP contribution in [-0.2, 0) is 0 Å². The first kappa shape index (κ1) is 13.4. The third-order valence-electron chi connectivity index (χ3n) is 5.28. The van der Waals surface area contributed by atoms with Crippen molar-refractivity contribution in [3.8, 4) is 0 Å². The first-order chi connectivity index (χ1) is 8.12. The first-order valence-corrected chi connectivity index (χ1v) is 7.58. The van der Waals surface area contributed by atoms with Gasteiger partial charge in [0.25, 0.3) is 0 Å². The van der Waals surface area contributed by atoms with Crippen LogP contribution in [0.5, 0.6) is 0 Å². The maximum Gasteiger partial charge on any atom is 0.0207 e. The van der Waals surface area contributed by atoms with E-state index in [9.17, 15) is 0 Å². The maximum atomic E-state index is 3.85. The second-order valence-electron chi connectivity index (χ2n) is 6.75. The number of hydrogen-bond donors (Lipinski definition) is 2. The zero-order valence-electron chi connectivity index (χ0n) is 11.9. The molecular formula is C15H30N2. The Hall–Kier alpha value is -0.0800. The molecular weight excluding hydrogens is 208 g/mol. The van der Waals surface area contributed by atoms with Crippen molar-refractivity contribution in [1.82, 2.24) is 10.6 Å². The fourth-order valence-corrected chi connectivity index (χ4v) is 3.46. The molecule has 2 fully saturated rings. The standard InChI is InChI=1S/C15H30N2/c1-4-15(2,3)12-5-7-13(8-6-12)17-14-9-10-16-11-14/h12-14,16-17H,4-11H2,1-3H3. The van der Waals surface area contributed by atoms with Crippen LogP contribution in [0.4, 0.5) is 0 Å². The lowest BCUT2D eigenvalue weighted by molar-refractivity contribution is 0.134. The molecule has 1 aliphatic carbocycles. The molecule has 0 radical (unpaired) electrons. The van der Waals surface area contributed by atoms with Gasteiger partial charge in [0.2, 0.25) is 0 Å². The van der Waals surface area contributed by atoms with Gasteiger partial charge in [0.15, 0.2) is 0 Å². The van der Waals surface area contributed by atoms with E-state index in [4.69, 9.17) is 0 Å². The molecule has 0 amide bonds. The molecule has 0 aromatic heterocycles. The highest BCUT2D eigenvalue weighted by molar-refractivity contribution is 4.88. The van der Waals surface area contributed by atoms with Crippen molar-refractivity contribution in [2.24, 2.45) is 11.3 Å². The average Bonchev–Trinajstić information content (AvgIpc) is 2.83. The van der Waals surface area contributed by atoms with Crippen molar-refractivity contribution < 1.29 is 0 Å². The van der Waals surface area contributed by atoms with Gasteiger partial charge in [-0.2, -0.15) is 0 Å². The molecule has 1 saturated carbocycles. The second kappa shape index (κ2) is 5.71. The lowest BCUT2D eigenvalue weighted by Crippen LogP contribution is -2.42. The third kappa shape index (κ3) is 3.45. The van der Waals surface area contributed by atoms with E-state index in [2.05, 4.69) is 31.4 Å². The summed E-state index contributed by atoms with van der Waals surface area (Å²) in [4.78, 5) is 0. The Morgan fingerprint density at radius 2 is 1.76 bits per heavy atom. The zero-order chi connectivity index (χ0) is 12.3. The molecule has 1 heterocycles. The van der Waals surface area contributed by atoms with Crippen LogP contribution >= 0.6 is 0 Å². The minimum Gasteiger partial charge on any atom is -0.315 e. The Kier molecular flexibility index (Phi) is 4.48. The minimum atomic E-state index is 0.555. The number of hydrogen-bond acceptors (Lipinski definition) is 2. The van der Waals surface area contributed by atoms with Crippen molar-refractivity contribution in [3.63, 3.8) is 0 Å². The maximum absolute atomic E-state index is 3.85. The molecule has 2 N–H and O–H groups in total. The third-order valence-corrected chi connectivity index (χ3v) is 5.28. The van der Waals surface area contributed by atoms with Crippen LogP contribution in [0.3, 0.4) is 0 Å². The largest absolute Gasteiger partial charge is 0.315 e. The van der Waals surface area contributed by atoms with Gasteiger partial charge in [-0.1, -0.05) is 27.2 Å². The summed E-state index contributed by atoms with van der Waals surface area (Å²) in [5, 5.41) is 7.29. The van der Waals surface area contributed by atoms with Crippen molar-refractivity contribution in [1.29, 1.82) is 0 Å². The summed E-state index contributed by atoms with van der Waals surface area (Å²) in [6.07, 6.45) is 8.29. The fraction of sp³-hybridized carbons (Fsp3) is 1.00. The number of nitrogens with one attached hydrogen (secondary N) is 2. The summed E-state index contributed by atoms with van der Waals surface area (Å²) in [5.74, 6) is 0.951. The Bertz CT molecular complexity index is 223. The second-order valence-corrected chi connectivity index (χ2v) is 6.75. The molecule has 1 atom stereocenters. The van der Waals surface area contributed by atoms with Gasteiger partial charge in [-0.15, -0.1) is 0 Å². The van der Waals surface area contributed by atoms with Crippen LogP contribution in [0.1, 0.15) is 59.3 Å². The van der Waals surface area contributed by atoms with Crippen LogP contribution in [0, 0.1) is 11.3 Å². The Labute approximate surface area is 107 Å². The molecule has 1 unspecified atom stereocenters. The summed E-state index contributed by atoms with van der Waals surface area (Å²) in [5.41, 5.74) is 0.555. The summed E-state index contributed by atoms with van der Waals surface area (Å²) >= 11 is 0. The highest BCUT2D eigenvalue weighted by atomic mass is 15.0. The van der Waals surface area contributed by atoms with Gasteiger partial charge in [-0.25, -0.2) is 0 Å². The molecule has 0 aromatic rings. The van der Waals surface area contributed by atoms with E-state index in [-0.39, 0.29) is 0 Å². The summed E-state index contributed by atoms with van der Waals surface area (Å²) < 4.78 is 0. The molecule has 100 valence electrons. The van der Waals surface area contributed by atoms with Gasteiger partial charge in [0, 0.05) is 18.6 Å². The van der Waals surface area contributed by atoms with Gasteiger partial charge in [-0.05, 0) is 50.0 Å². The van der Waals surface area contributed by atoms with Crippen molar-refractivity contribution in [2.45, 2.75) is 71.4 Å². The van der Waals surface area contributed by atoms with Crippen LogP contribution in [0.2, 0.25) is 0 Å². The molecule has 2 heteroatoms. The predicted molar refractivity (Wildman–Crippen MR) is 74.2 cm³/mol. The first-order valence-electron chi connectivity index (χ1n) is 7.58. The normalized spacial score (nSPS) is 35.1. The van der Waals surface area contributed by atoms with E-state index < -0.39 is 0 Å². The predicted octanol–water partition coefficient (Wildman–Crippen LogP) is 2.93. The SMILES string of the molecule is CCC(C)(C)C1CCC(NC2CCNC2)CC1.